The predicted octanol–water partition coefficient (Wildman–Crippen LogP) is 5.61. The smallest absolute Gasteiger partial charge is 0.248 e. The summed E-state index contributed by atoms with van der Waals surface area (Å²) < 4.78 is 0. The summed E-state index contributed by atoms with van der Waals surface area (Å²) in [5.41, 5.74) is 2.34. The van der Waals surface area contributed by atoms with Gasteiger partial charge in [-0.25, -0.2) is 0 Å². The van der Waals surface area contributed by atoms with Gasteiger partial charge in [0.25, 0.3) is 0 Å². The molecule has 1 N–H and O–H groups in total. The fourth-order valence-corrected chi connectivity index (χ4v) is 2.35. The molecule has 0 radical (unpaired) electrons. The second-order valence-electron chi connectivity index (χ2n) is 4.45. The van der Waals surface area contributed by atoms with Crippen molar-refractivity contribution < 1.29 is 4.79 Å². The number of aryl methyl sites for hydroxylation is 1. The highest BCUT2D eigenvalue weighted by molar-refractivity contribution is 6.35. The second-order valence-corrected chi connectivity index (χ2v) is 5.73. The van der Waals surface area contributed by atoms with Gasteiger partial charge in [0.1, 0.15) is 0 Å². The minimum atomic E-state index is -0.258. The van der Waals surface area contributed by atoms with Crippen LogP contribution >= 0.6 is 34.8 Å². The fraction of sp³-hybridized carbons (Fsp3) is 0.0625. The van der Waals surface area contributed by atoms with Crippen molar-refractivity contribution in [2.75, 3.05) is 5.32 Å². The first-order chi connectivity index (χ1) is 9.95. The average molecular weight is 341 g/mol. The Hall–Kier alpha value is -1.48. The summed E-state index contributed by atoms with van der Waals surface area (Å²) in [6, 6.07) is 10.4. The van der Waals surface area contributed by atoms with Gasteiger partial charge in [-0.05, 0) is 48.4 Å². The quantitative estimate of drug-likeness (QED) is 0.723. The average Bonchev–Trinajstić information content (AvgIpc) is 2.42. The largest absolute Gasteiger partial charge is 0.322 e. The molecule has 2 aromatic carbocycles. The van der Waals surface area contributed by atoms with Crippen LogP contribution in [0, 0.1) is 6.92 Å². The fourth-order valence-electron chi connectivity index (χ4n) is 1.71. The number of rotatable bonds is 3. The molecule has 21 heavy (non-hydrogen) atoms. The van der Waals surface area contributed by atoms with Crippen LogP contribution in [-0.4, -0.2) is 5.91 Å². The molecule has 0 aliphatic rings. The Morgan fingerprint density at radius 3 is 2.43 bits per heavy atom. The highest BCUT2D eigenvalue weighted by atomic mass is 35.5. The van der Waals surface area contributed by atoms with Gasteiger partial charge in [-0.3, -0.25) is 4.79 Å². The third-order valence-corrected chi connectivity index (χ3v) is 3.63. The van der Waals surface area contributed by atoms with E-state index >= 15 is 0 Å². The molecule has 0 atom stereocenters. The van der Waals surface area contributed by atoms with E-state index in [0.29, 0.717) is 20.8 Å². The Morgan fingerprint density at radius 1 is 1.05 bits per heavy atom. The van der Waals surface area contributed by atoms with Gasteiger partial charge < -0.3 is 5.32 Å². The van der Waals surface area contributed by atoms with E-state index in [0.717, 1.165) is 11.1 Å². The molecule has 0 unspecified atom stereocenters. The highest BCUT2D eigenvalue weighted by Crippen LogP contribution is 2.23. The number of hydrogen-bond acceptors (Lipinski definition) is 1. The highest BCUT2D eigenvalue weighted by Gasteiger charge is 2.03. The topological polar surface area (TPSA) is 29.1 Å². The summed E-state index contributed by atoms with van der Waals surface area (Å²) in [6.45, 7) is 1.89. The zero-order chi connectivity index (χ0) is 15.4. The number of carbonyl (C=O) groups is 1. The van der Waals surface area contributed by atoms with Crippen LogP contribution in [0.3, 0.4) is 0 Å². The molecule has 2 rings (SSSR count). The van der Waals surface area contributed by atoms with E-state index in [1.54, 1.807) is 36.4 Å². The molecule has 5 heteroatoms. The zero-order valence-electron chi connectivity index (χ0n) is 11.2. The molecule has 0 aliphatic heterocycles. The van der Waals surface area contributed by atoms with E-state index in [1.807, 2.05) is 13.0 Å². The molecule has 2 nitrogen and oxygen atoms in total. The van der Waals surface area contributed by atoms with Gasteiger partial charge in [-0.15, -0.1) is 0 Å². The number of halogens is 3. The monoisotopic (exact) mass is 339 g/mol. The molecule has 0 aliphatic carbocycles. The Labute approximate surface area is 138 Å². The van der Waals surface area contributed by atoms with Crippen LogP contribution in [0.4, 0.5) is 5.69 Å². The molecular weight excluding hydrogens is 329 g/mol. The maximum absolute atomic E-state index is 11.9. The first kappa shape index (κ1) is 15.9. The molecule has 0 spiro atoms. The summed E-state index contributed by atoms with van der Waals surface area (Å²) >= 11 is 17.8. The lowest BCUT2D eigenvalue weighted by Gasteiger charge is -2.06. The number of amides is 1. The van der Waals surface area contributed by atoms with Crippen molar-refractivity contribution >= 4 is 52.5 Å². The van der Waals surface area contributed by atoms with Crippen LogP contribution in [0.5, 0.6) is 0 Å². The van der Waals surface area contributed by atoms with Crippen molar-refractivity contribution in [3.05, 3.63) is 68.7 Å². The van der Waals surface area contributed by atoms with Crippen LogP contribution in [0.15, 0.2) is 42.5 Å². The summed E-state index contributed by atoms with van der Waals surface area (Å²) in [4.78, 5) is 11.9. The Kier molecular flexibility index (Phi) is 5.29. The molecule has 0 fully saturated rings. The van der Waals surface area contributed by atoms with Gasteiger partial charge in [-0.2, -0.15) is 0 Å². The third-order valence-electron chi connectivity index (χ3n) is 2.83. The first-order valence-electron chi connectivity index (χ1n) is 6.16. The van der Waals surface area contributed by atoms with Crippen molar-refractivity contribution in [2.24, 2.45) is 0 Å². The molecule has 0 saturated carbocycles. The first-order valence-corrected chi connectivity index (χ1v) is 7.29. The Balaban J connectivity index is 2.11. The molecule has 0 heterocycles. The Bertz CT molecular complexity index is 711. The van der Waals surface area contributed by atoms with Gasteiger partial charge in [0.15, 0.2) is 0 Å². The molecule has 0 aromatic heterocycles. The number of benzene rings is 2. The normalized spacial score (nSPS) is 10.9. The summed E-state index contributed by atoms with van der Waals surface area (Å²) in [7, 11) is 0. The van der Waals surface area contributed by atoms with Crippen molar-refractivity contribution in [3.63, 3.8) is 0 Å². The van der Waals surface area contributed by atoms with E-state index in [-0.39, 0.29) is 5.91 Å². The van der Waals surface area contributed by atoms with Crippen molar-refractivity contribution in [2.45, 2.75) is 6.92 Å². The minimum Gasteiger partial charge on any atom is -0.322 e. The lowest BCUT2D eigenvalue weighted by molar-refractivity contribution is -0.111. The lowest BCUT2D eigenvalue weighted by atomic mass is 10.2. The van der Waals surface area contributed by atoms with Crippen LogP contribution in [-0.2, 0) is 4.79 Å². The van der Waals surface area contributed by atoms with E-state index in [1.165, 1.54) is 6.08 Å². The summed E-state index contributed by atoms with van der Waals surface area (Å²) in [6.07, 6.45) is 3.04. The number of carbonyl (C=O) groups excluding carboxylic acids is 1. The van der Waals surface area contributed by atoms with Crippen LogP contribution in [0.2, 0.25) is 15.1 Å². The van der Waals surface area contributed by atoms with E-state index in [2.05, 4.69) is 5.32 Å². The predicted molar refractivity (Wildman–Crippen MR) is 90.3 cm³/mol. The standard InChI is InChI=1S/C16H12Cl3NO/c1-10-2-5-13(18)9-15(10)20-16(21)7-4-11-3-6-12(17)8-14(11)19/h2-9H,1H3,(H,20,21). The van der Waals surface area contributed by atoms with E-state index < -0.39 is 0 Å². The molecular formula is C16H12Cl3NO. The molecule has 1 amide bonds. The zero-order valence-corrected chi connectivity index (χ0v) is 13.4. The van der Waals surface area contributed by atoms with E-state index in [9.17, 15) is 4.79 Å². The maximum atomic E-state index is 11.9. The maximum Gasteiger partial charge on any atom is 0.248 e. The van der Waals surface area contributed by atoms with Gasteiger partial charge in [0.05, 0.1) is 0 Å². The minimum absolute atomic E-state index is 0.258. The van der Waals surface area contributed by atoms with Gasteiger partial charge in [0, 0.05) is 26.8 Å². The van der Waals surface area contributed by atoms with Gasteiger partial charge in [-0.1, -0.05) is 46.9 Å². The van der Waals surface area contributed by atoms with Gasteiger partial charge >= 0.3 is 0 Å². The number of anilines is 1. The lowest BCUT2D eigenvalue weighted by Crippen LogP contribution is -2.08. The van der Waals surface area contributed by atoms with Crippen LogP contribution in [0.25, 0.3) is 6.08 Å². The van der Waals surface area contributed by atoms with Gasteiger partial charge in [0.2, 0.25) is 5.91 Å². The molecule has 0 saturated heterocycles. The molecule has 2 aromatic rings. The molecule has 0 bridgehead atoms. The third kappa shape index (κ3) is 4.50. The number of hydrogen-bond donors (Lipinski definition) is 1. The van der Waals surface area contributed by atoms with Crippen molar-refractivity contribution in [1.29, 1.82) is 0 Å². The Morgan fingerprint density at radius 2 is 1.71 bits per heavy atom. The molecule has 108 valence electrons. The second kappa shape index (κ2) is 6.99. The van der Waals surface area contributed by atoms with Crippen LogP contribution < -0.4 is 5.32 Å². The van der Waals surface area contributed by atoms with Crippen molar-refractivity contribution in [1.82, 2.24) is 0 Å². The SMILES string of the molecule is Cc1ccc(Cl)cc1NC(=O)C=Cc1ccc(Cl)cc1Cl. The van der Waals surface area contributed by atoms with Crippen LogP contribution in [0.1, 0.15) is 11.1 Å². The van der Waals surface area contributed by atoms with E-state index in [4.69, 9.17) is 34.8 Å². The summed E-state index contributed by atoms with van der Waals surface area (Å²) in [5.74, 6) is -0.258. The summed E-state index contributed by atoms with van der Waals surface area (Å²) in [5, 5.41) is 4.39. The van der Waals surface area contributed by atoms with Crippen molar-refractivity contribution in [3.8, 4) is 0 Å². The number of nitrogens with one attached hydrogen (secondary N) is 1.